The summed E-state index contributed by atoms with van der Waals surface area (Å²) >= 11 is 0. The van der Waals surface area contributed by atoms with E-state index in [1.807, 2.05) is 33.8 Å². The molecule has 1 unspecified atom stereocenters. The van der Waals surface area contributed by atoms with Gasteiger partial charge in [-0.15, -0.1) is 0 Å². The van der Waals surface area contributed by atoms with Gasteiger partial charge in [0.2, 0.25) is 21.8 Å². The highest BCUT2D eigenvalue weighted by Gasteiger charge is 2.27. The standard InChI is InChI=1S/C27H38FN3O4S/c1-19(2)17-29-27(33)22(5)30(18-23-10-7-8-11-25(23)28)26(32)12-9-13-31(36(6,34)35)24-15-20(3)14-21(4)16-24/h7-8,10-11,14-16,19,22H,9,12-13,17-18H2,1-6H3,(H,29,33). The van der Waals surface area contributed by atoms with Crippen molar-refractivity contribution in [2.24, 2.45) is 5.92 Å². The molecule has 36 heavy (non-hydrogen) atoms. The first kappa shape index (κ1) is 29.3. The van der Waals surface area contributed by atoms with Gasteiger partial charge in [-0.05, 0) is 62.4 Å². The lowest BCUT2D eigenvalue weighted by Gasteiger charge is -2.30. The summed E-state index contributed by atoms with van der Waals surface area (Å²) in [5.74, 6) is -0.882. The molecule has 2 aromatic rings. The largest absolute Gasteiger partial charge is 0.354 e. The summed E-state index contributed by atoms with van der Waals surface area (Å²) in [5, 5.41) is 2.83. The van der Waals surface area contributed by atoms with Crippen molar-refractivity contribution in [3.05, 3.63) is 65.0 Å². The van der Waals surface area contributed by atoms with Gasteiger partial charge in [-0.1, -0.05) is 38.1 Å². The Morgan fingerprint density at radius 3 is 2.19 bits per heavy atom. The zero-order valence-corrected chi connectivity index (χ0v) is 22.9. The molecule has 0 saturated carbocycles. The Hall–Kier alpha value is -2.94. The zero-order chi connectivity index (χ0) is 27.0. The predicted molar refractivity (Wildman–Crippen MR) is 142 cm³/mol. The Balaban J connectivity index is 2.20. The number of sulfonamides is 1. The lowest BCUT2D eigenvalue weighted by atomic mass is 10.1. The van der Waals surface area contributed by atoms with Crippen molar-refractivity contribution in [1.29, 1.82) is 0 Å². The molecule has 0 saturated heterocycles. The number of nitrogens with zero attached hydrogens (tertiary/aromatic N) is 2. The Labute approximate surface area is 214 Å². The first-order chi connectivity index (χ1) is 16.8. The molecule has 2 rings (SSSR count). The fourth-order valence-corrected chi connectivity index (χ4v) is 4.89. The van der Waals surface area contributed by atoms with Crippen LogP contribution in [0.25, 0.3) is 0 Å². The van der Waals surface area contributed by atoms with E-state index in [9.17, 15) is 22.4 Å². The second-order valence-electron chi connectivity index (χ2n) is 9.71. The molecule has 9 heteroatoms. The van der Waals surface area contributed by atoms with Crippen LogP contribution in [0.3, 0.4) is 0 Å². The number of hydrogen-bond donors (Lipinski definition) is 1. The van der Waals surface area contributed by atoms with E-state index in [-0.39, 0.29) is 43.7 Å². The monoisotopic (exact) mass is 519 g/mol. The molecule has 0 bridgehead atoms. The first-order valence-corrected chi connectivity index (χ1v) is 14.0. The van der Waals surface area contributed by atoms with Crippen LogP contribution < -0.4 is 9.62 Å². The molecule has 0 aliphatic heterocycles. The molecule has 0 aliphatic rings. The van der Waals surface area contributed by atoms with Crippen LogP contribution in [0, 0.1) is 25.6 Å². The molecule has 2 amide bonds. The first-order valence-electron chi connectivity index (χ1n) is 12.2. The molecule has 7 nitrogen and oxygen atoms in total. The third-order valence-electron chi connectivity index (χ3n) is 5.80. The zero-order valence-electron chi connectivity index (χ0n) is 22.0. The van der Waals surface area contributed by atoms with Gasteiger partial charge < -0.3 is 10.2 Å². The summed E-state index contributed by atoms with van der Waals surface area (Å²) in [6, 6.07) is 10.9. The summed E-state index contributed by atoms with van der Waals surface area (Å²) in [4.78, 5) is 27.4. The number of benzene rings is 2. The van der Waals surface area contributed by atoms with Crippen molar-refractivity contribution in [3.8, 4) is 0 Å². The summed E-state index contributed by atoms with van der Waals surface area (Å²) in [6.45, 7) is 9.85. The maximum absolute atomic E-state index is 14.4. The van der Waals surface area contributed by atoms with Crippen LogP contribution in [0.15, 0.2) is 42.5 Å². The normalized spacial score (nSPS) is 12.3. The molecule has 0 heterocycles. The molecule has 0 aliphatic carbocycles. The molecule has 1 atom stereocenters. The van der Waals surface area contributed by atoms with Gasteiger partial charge in [0, 0.05) is 31.6 Å². The van der Waals surface area contributed by atoms with Crippen LogP contribution in [-0.2, 0) is 26.2 Å². The number of carbonyl (C=O) groups excluding carboxylic acids is 2. The average molecular weight is 520 g/mol. The lowest BCUT2D eigenvalue weighted by molar-refractivity contribution is -0.140. The van der Waals surface area contributed by atoms with E-state index in [4.69, 9.17) is 0 Å². The topological polar surface area (TPSA) is 86.8 Å². The summed E-state index contributed by atoms with van der Waals surface area (Å²) < 4.78 is 40.7. The number of amides is 2. The van der Waals surface area contributed by atoms with Crippen LogP contribution >= 0.6 is 0 Å². The van der Waals surface area contributed by atoms with Crippen molar-refractivity contribution in [3.63, 3.8) is 0 Å². The van der Waals surface area contributed by atoms with Crippen molar-refractivity contribution in [2.45, 2.75) is 60.0 Å². The summed E-state index contributed by atoms with van der Waals surface area (Å²) in [7, 11) is -3.57. The van der Waals surface area contributed by atoms with Gasteiger partial charge in [-0.2, -0.15) is 0 Å². The molecule has 0 radical (unpaired) electrons. The highest BCUT2D eigenvalue weighted by molar-refractivity contribution is 7.92. The lowest BCUT2D eigenvalue weighted by Crippen LogP contribution is -2.48. The number of halogens is 1. The van der Waals surface area contributed by atoms with Gasteiger partial charge >= 0.3 is 0 Å². The SMILES string of the molecule is Cc1cc(C)cc(N(CCCC(=O)N(Cc2ccccc2F)C(C)C(=O)NCC(C)C)S(C)(=O)=O)c1. The minimum Gasteiger partial charge on any atom is -0.354 e. The molecule has 2 aromatic carbocycles. The van der Waals surface area contributed by atoms with Gasteiger partial charge in [0.1, 0.15) is 11.9 Å². The predicted octanol–water partition coefficient (Wildman–Crippen LogP) is 4.18. The van der Waals surface area contributed by atoms with Crippen LogP contribution in [0.2, 0.25) is 0 Å². The maximum atomic E-state index is 14.4. The minimum absolute atomic E-state index is 0.00701. The van der Waals surface area contributed by atoms with Crippen molar-refractivity contribution in [2.75, 3.05) is 23.7 Å². The maximum Gasteiger partial charge on any atom is 0.242 e. The van der Waals surface area contributed by atoms with Gasteiger partial charge in [-0.3, -0.25) is 13.9 Å². The quantitative estimate of drug-likeness (QED) is 0.456. The Morgan fingerprint density at radius 1 is 1.03 bits per heavy atom. The van der Waals surface area contributed by atoms with E-state index in [0.717, 1.165) is 17.4 Å². The number of carbonyl (C=O) groups is 2. The van der Waals surface area contributed by atoms with E-state index in [2.05, 4.69) is 5.32 Å². The third kappa shape index (κ3) is 8.62. The second-order valence-corrected chi connectivity index (χ2v) is 11.6. The molecule has 0 fully saturated rings. The number of aryl methyl sites for hydroxylation is 2. The van der Waals surface area contributed by atoms with Crippen LogP contribution in [0.5, 0.6) is 0 Å². The van der Waals surface area contributed by atoms with Crippen molar-refractivity contribution in [1.82, 2.24) is 10.2 Å². The summed E-state index contributed by atoms with van der Waals surface area (Å²) in [5.41, 5.74) is 2.73. The van der Waals surface area contributed by atoms with Gasteiger partial charge in [-0.25, -0.2) is 12.8 Å². The molecular weight excluding hydrogens is 481 g/mol. The van der Waals surface area contributed by atoms with E-state index in [1.54, 1.807) is 37.3 Å². The fraction of sp³-hybridized carbons (Fsp3) is 0.481. The van der Waals surface area contributed by atoms with E-state index in [1.165, 1.54) is 15.3 Å². The van der Waals surface area contributed by atoms with E-state index in [0.29, 0.717) is 17.8 Å². The molecule has 198 valence electrons. The van der Waals surface area contributed by atoms with Crippen LogP contribution in [0.4, 0.5) is 10.1 Å². The van der Waals surface area contributed by atoms with Crippen LogP contribution in [-0.4, -0.2) is 50.5 Å². The van der Waals surface area contributed by atoms with Crippen LogP contribution in [0.1, 0.15) is 50.3 Å². The Bertz CT molecular complexity index is 1150. The second kappa shape index (κ2) is 12.9. The molecular formula is C27H38FN3O4S. The van der Waals surface area contributed by atoms with Gasteiger partial charge in [0.25, 0.3) is 0 Å². The smallest absolute Gasteiger partial charge is 0.242 e. The summed E-state index contributed by atoms with van der Waals surface area (Å²) in [6.07, 6.45) is 1.39. The average Bonchev–Trinajstić information content (AvgIpc) is 2.77. The number of anilines is 1. The minimum atomic E-state index is -3.57. The fourth-order valence-electron chi connectivity index (χ4n) is 3.94. The molecule has 0 aromatic heterocycles. The van der Waals surface area contributed by atoms with E-state index < -0.39 is 21.9 Å². The highest BCUT2D eigenvalue weighted by atomic mass is 32.2. The Kier molecular flexibility index (Phi) is 10.5. The van der Waals surface area contributed by atoms with E-state index >= 15 is 0 Å². The highest BCUT2D eigenvalue weighted by Crippen LogP contribution is 2.22. The van der Waals surface area contributed by atoms with Gasteiger partial charge in [0.15, 0.2) is 0 Å². The van der Waals surface area contributed by atoms with Gasteiger partial charge in [0.05, 0.1) is 11.9 Å². The van der Waals surface area contributed by atoms with Crippen molar-refractivity contribution < 1.29 is 22.4 Å². The molecule has 0 spiro atoms. The third-order valence-corrected chi connectivity index (χ3v) is 6.99. The Morgan fingerprint density at radius 2 is 1.64 bits per heavy atom. The van der Waals surface area contributed by atoms with Crippen molar-refractivity contribution >= 4 is 27.5 Å². The number of nitrogens with one attached hydrogen (secondary N) is 1. The molecule has 1 N–H and O–H groups in total. The number of hydrogen-bond acceptors (Lipinski definition) is 4. The number of rotatable bonds is 12.